The van der Waals surface area contributed by atoms with Crippen molar-refractivity contribution in [1.82, 2.24) is 5.32 Å². The molecule has 0 heterocycles. The van der Waals surface area contributed by atoms with Gasteiger partial charge in [0, 0.05) is 11.3 Å². The Bertz CT molecular complexity index is 607. The minimum atomic E-state index is -0.117. The summed E-state index contributed by atoms with van der Waals surface area (Å²) in [6.45, 7) is 3.99. The molecule has 1 unspecified atom stereocenters. The third-order valence-electron chi connectivity index (χ3n) is 3.45. The molecule has 2 aromatic rings. The van der Waals surface area contributed by atoms with Crippen LogP contribution in [0.4, 0.5) is 5.69 Å². The normalized spacial score (nSPS) is 11.9. The van der Waals surface area contributed by atoms with Crippen LogP contribution >= 0.6 is 0 Å². The molecule has 1 amide bonds. The van der Waals surface area contributed by atoms with E-state index in [-0.39, 0.29) is 11.9 Å². The number of hydrogen-bond donors (Lipinski definition) is 2. The topological polar surface area (TPSA) is 55.1 Å². The summed E-state index contributed by atoms with van der Waals surface area (Å²) in [5.74, 6) is -0.0572. The van der Waals surface area contributed by atoms with Crippen LogP contribution in [0.25, 0.3) is 0 Å². The van der Waals surface area contributed by atoms with E-state index in [1.165, 1.54) is 0 Å². The second-order valence-corrected chi connectivity index (χ2v) is 4.83. The van der Waals surface area contributed by atoms with Gasteiger partial charge in [-0.15, -0.1) is 0 Å². The van der Waals surface area contributed by atoms with Crippen LogP contribution < -0.4 is 11.1 Å². The number of aryl methyl sites for hydroxylation is 1. The summed E-state index contributed by atoms with van der Waals surface area (Å²) < 4.78 is 0. The summed E-state index contributed by atoms with van der Waals surface area (Å²) in [4.78, 5) is 12.4. The highest BCUT2D eigenvalue weighted by molar-refractivity contribution is 5.96. The van der Waals surface area contributed by atoms with Crippen LogP contribution in [-0.4, -0.2) is 5.91 Å². The number of nitrogens with one attached hydrogen (secondary N) is 1. The predicted molar refractivity (Wildman–Crippen MR) is 82.6 cm³/mol. The number of rotatable bonds is 4. The predicted octanol–water partition coefficient (Wildman–Crippen LogP) is 3.32. The van der Waals surface area contributed by atoms with Crippen LogP contribution in [0.5, 0.6) is 0 Å². The molecule has 2 rings (SSSR count). The van der Waals surface area contributed by atoms with E-state index in [0.29, 0.717) is 5.69 Å². The first kappa shape index (κ1) is 14.1. The lowest BCUT2D eigenvalue weighted by Crippen LogP contribution is -2.28. The average molecular weight is 268 g/mol. The molecule has 3 N–H and O–H groups in total. The third kappa shape index (κ3) is 2.99. The molecule has 0 saturated heterocycles. The minimum absolute atomic E-state index is 0.0572. The fourth-order valence-corrected chi connectivity index (χ4v) is 2.31. The van der Waals surface area contributed by atoms with E-state index in [0.717, 1.165) is 23.1 Å². The molecule has 3 heteroatoms. The van der Waals surface area contributed by atoms with Crippen molar-refractivity contribution in [2.24, 2.45) is 0 Å². The SMILES string of the molecule is CCc1ccccc1C(=O)NC(C)c1ccccc1N. The molecule has 20 heavy (non-hydrogen) atoms. The fourth-order valence-electron chi connectivity index (χ4n) is 2.31. The number of amides is 1. The Hall–Kier alpha value is -2.29. The summed E-state index contributed by atoms with van der Waals surface area (Å²) in [6, 6.07) is 15.2. The molecule has 0 aromatic heterocycles. The maximum absolute atomic E-state index is 12.4. The van der Waals surface area contributed by atoms with Gasteiger partial charge in [-0.25, -0.2) is 0 Å². The first-order valence-electron chi connectivity index (χ1n) is 6.86. The number of anilines is 1. The van der Waals surface area contributed by atoms with E-state index in [9.17, 15) is 4.79 Å². The van der Waals surface area contributed by atoms with Gasteiger partial charge < -0.3 is 11.1 Å². The van der Waals surface area contributed by atoms with Crippen LogP contribution in [0.1, 0.15) is 41.4 Å². The van der Waals surface area contributed by atoms with E-state index >= 15 is 0 Å². The summed E-state index contributed by atoms with van der Waals surface area (Å²) >= 11 is 0. The molecule has 3 nitrogen and oxygen atoms in total. The second-order valence-electron chi connectivity index (χ2n) is 4.83. The quantitative estimate of drug-likeness (QED) is 0.836. The van der Waals surface area contributed by atoms with Crippen LogP contribution in [0.15, 0.2) is 48.5 Å². The zero-order valence-electron chi connectivity index (χ0n) is 11.9. The van der Waals surface area contributed by atoms with Gasteiger partial charge in [0.05, 0.1) is 6.04 Å². The maximum atomic E-state index is 12.4. The lowest BCUT2D eigenvalue weighted by molar-refractivity contribution is 0.0939. The molecular formula is C17H20N2O. The monoisotopic (exact) mass is 268 g/mol. The van der Waals surface area contributed by atoms with Gasteiger partial charge in [-0.1, -0.05) is 43.3 Å². The van der Waals surface area contributed by atoms with Crippen molar-refractivity contribution < 1.29 is 4.79 Å². The number of nitrogen functional groups attached to an aromatic ring is 1. The summed E-state index contributed by atoms with van der Waals surface area (Å²) in [7, 11) is 0. The number of carbonyl (C=O) groups is 1. The Morgan fingerprint density at radius 3 is 2.50 bits per heavy atom. The fraction of sp³-hybridized carbons (Fsp3) is 0.235. The minimum Gasteiger partial charge on any atom is -0.398 e. The van der Waals surface area contributed by atoms with E-state index in [4.69, 9.17) is 5.73 Å². The lowest BCUT2D eigenvalue weighted by Gasteiger charge is -2.17. The molecule has 0 spiro atoms. The van der Waals surface area contributed by atoms with E-state index < -0.39 is 0 Å². The number of carbonyl (C=O) groups excluding carboxylic acids is 1. The Kier molecular flexibility index (Phi) is 4.41. The second kappa shape index (κ2) is 6.24. The molecule has 0 saturated carbocycles. The van der Waals surface area contributed by atoms with Gasteiger partial charge in [-0.05, 0) is 36.6 Å². The van der Waals surface area contributed by atoms with Gasteiger partial charge in [0.15, 0.2) is 0 Å². The lowest BCUT2D eigenvalue weighted by atomic mass is 10.0. The van der Waals surface area contributed by atoms with Gasteiger partial charge in [-0.2, -0.15) is 0 Å². The summed E-state index contributed by atoms with van der Waals surface area (Å²) in [5, 5.41) is 3.01. The van der Waals surface area contributed by atoms with Crippen LogP contribution in [0, 0.1) is 0 Å². The number of benzene rings is 2. The molecule has 0 fully saturated rings. The zero-order chi connectivity index (χ0) is 14.5. The Morgan fingerprint density at radius 2 is 1.80 bits per heavy atom. The Morgan fingerprint density at radius 1 is 1.15 bits per heavy atom. The highest BCUT2D eigenvalue weighted by Gasteiger charge is 2.15. The number of nitrogens with two attached hydrogens (primary N) is 1. The van der Waals surface area contributed by atoms with Crippen LogP contribution in [0.2, 0.25) is 0 Å². The Balaban J connectivity index is 2.18. The van der Waals surface area contributed by atoms with E-state index in [1.54, 1.807) is 0 Å². The smallest absolute Gasteiger partial charge is 0.252 e. The molecule has 1 atom stereocenters. The van der Waals surface area contributed by atoms with Crippen molar-refractivity contribution in [2.45, 2.75) is 26.3 Å². The van der Waals surface area contributed by atoms with Crippen molar-refractivity contribution in [3.63, 3.8) is 0 Å². The van der Waals surface area contributed by atoms with Crippen molar-refractivity contribution in [1.29, 1.82) is 0 Å². The Labute approximate surface area is 119 Å². The zero-order valence-corrected chi connectivity index (χ0v) is 11.9. The number of hydrogen-bond acceptors (Lipinski definition) is 2. The third-order valence-corrected chi connectivity index (χ3v) is 3.45. The summed E-state index contributed by atoms with van der Waals surface area (Å²) in [6.07, 6.45) is 0.839. The van der Waals surface area contributed by atoms with Gasteiger partial charge in [0.25, 0.3) is 5.91 Å². The maximum Gasteiger partial charge on any atom is 0.252 e. The summed E-state index contributed by atoms with van der Waals surface area (Å²) in [5.41, 5.74) is 9.37. The van der Waals surface area contributed by atoms with Crippen LogP contribution in [0.3, 0.4) is 0 Å². The molecule has 0 bridgehead atoms. The van der Waals surface area contributed by atoms with Crippen LogP contribution in [-0.2, 0) is 6.42 Å². The van der Waals surface area contributed by atoms with Crippen molar-refractivity contribution in [3.8, 4) is 0 Å². The first-order chi connectivity index (χ1) is 9.63. The van der Waals surface area contributed by atoms with E-state index in [2.05, 4.69) is 5.32 Å². The number of para-hydroxylation sites is 1. The molecule has 0 aliphatic carbocycles. The molecule has 2 aromatic carbocycles. The standard InChI is InChI=1S/C17H20N2O/c1-3-13-8-4-5-10-15(13)17(20)19-12(2)14-9-6-7-11-16(14)18/h4-12H,3,18H2,1-2H3,(H,19,20). The van der Waals surface area contributed by atoms with Gasteiger partial charge >= 0.3 is 0 Å². The largest absolute Gasteiger partial charge is 0.398 e. The highest BCUT2D eigenvalue weighted by atomic mass is 16.1. The highest BCUT2D eigenvalue weighted by Crippen LogP contribution is 2.20. The molecular weight excluding hydrogens is 248 g/mol. The van der Waals surface area contributed by atoms with Crippen molar-refractivity contribution in [3.05, 3.63) is 65.2 Å². The van der Waals surface area contributed by atoms with Gasteiger partial charge in [-0.3, -0.25) is 4.79 Å². The van der Waals surface area contributed by atoms with E-state index in [1.807, 2.05) is 62.4 Å². The molecule has 0 aliphatic rings. The van der Waals surface area contributed by atoms with Crippen molar-refractivity contribution in [2.75, 3.05) is 5.73 Å². The first-order valence-corrected chi connectivity index (χ1v) is 6.86. The van der Waals surface area contributed by atoms with Crippen molar-refractivity contribution >= 4 is 11.6 Å². The van der Waals surface area contributed by atoms with Gasteiger partial charge in [0.1, 0.15) is 0 Å². The molecule has 104 valence electrons. The molecule has 0 radical (unpaired) electrons. The average Bonchev–Trinajstić information content (AvgIpc) is 2.47. The molecule has 0 aliphatic heterocycles. The van der Waals surface area contributed by atoms with Gasteiger partial charge in [0.2, 0.25) is 0 Å².